The fourth-order valence-corrected chi connectivity index (χ4v) is 1.93. The van der Waals surface area contributed by atoms with E-state index in [4.69, 9.17) is 5.73 Å². The number of hydrogen-bond acceptors (Lipinski definition) is 3. The zero-order valence-corrected chi connectivity index (χ0v) is 7.32. The van der Waals surface area contributed by atoms with Crippen LogP contribution >= 0.6 is 0 Å². The first-order chi connectivity index (χ1) is 5.33. The normalized spacial score (nSPS) is 31.1. The maximum atomic E-state index is 5.57. The van der Waals surface area contributed by atoms with Gasteiger partial charge in [0.1, 0.15) is 0 Å². The molecule has 1 atom stereocenters. The summed E-state index contributed by atoms with van der Waals surface area (Å²) in [5.41, 5.74) is 6.02. The van der Waals surface area contributed by atoms with E-state index in [1.54, 1.807) is 0 Å². The van der Waals surface area contributed by atoms with E-state index in [0.29, 0.717) is 5.41 Å². The summed E-state index contributed by atoms with van der Waals surface area (Å²) in [6, 6.07) is 0. The molecule has 0 bridgehead atoms. The molecule has 11 heavy (non-hydrogen) atoms. The van der Waals surface area contributed by atoms with Crippen LogP contribution in [0.3, 0.4) is 0 Å². The molecule has 0 aromatic carbocycles. The first kappa shape index (κ1) is 8.97. The molecular weight excluding hydrogens is 138 g/mol. The summed E-state index contributed by atoms with van der Waals surface area (Å²) >= 11 is 0. The molecular formula is C8H19N3. The molecule has 0 radical (unpaired) electrons. The number of hydrogen-bond donors (Lipinski definition) is 3. The predicted molar refractivity (Wildman–Crippen MR) is 47.5 cm³/mol. The van der Waals surface area contributed by atoms with Gasteiger partial charge in [-0.25, -0.2) is 0 Å². The third-order valence-electron chi connectivity index (χ3n) is 2.56. The molecule has 1 unspecified atom stereocenters. The molecule has 3 heteroatoms. The predicted octanol–water partition coefficient (Wildman–Crippen LogP) is -0.466. The van der Waals surface area contributed by atoms with Crippen LogP contribution in [0.2, 0.25) is 0 Å². The van der Waals surface area contributed by atoms with Crippen molar-refractivity contribution < 1.29 is 0 Å². The third kappa shape index (κ3) is 2.15. The lowest BCUT2D eigenvalue weighted by Gasteiger charge is -2.27. The summed E-state index contributed by atoms with van der Waals surface area (Å²) in [5.74, 6) is 0. The molecule has 0 aliphatic carbocycles. The van der Waals surface area contributed by atoms with Gasteiger partial charge in [-0.05, 0) is 38.4 Å². The Kier molecular flexibility index (Phi) is 3.30. The Labute approximate surface area is 68.7 Å². The quantitative estimate of drug-likeness (QED) is 0.517. The molecule has 0 spiro atoms. The third-order valence-corrected chi connectivity index (χ3v) is 2.56. The van der Waals surface area contributed by atoms with Crippen LogP contribution in [0.15, 0.2) is 0 Å². The van der Waals surface area contributed by atoms with E-state index in [1.807, 2.05) is 7.05 Å². The molecule has 1 rings (SSSR count). The summed E-state index contributed by atoms with van der Waals surface area (Å²) < 4.78 is 0. The van der Waals surface area contributed by atoms with Crippen molar-refractivity contribution in [2.24, 2.45) is 11.1 Å². The van der Waals surface area contributed by atoms with Crippen LogP contribution in [0.5, 0.6) is 0 Å². The molecule has 0 amide bonds. The van der Waals surface area contributed by atoms with Crippen molar-refractivity contribution in [3.05, 3.63) is 0 Å². The lowest BCUT2D eigenvalue weighted by Crippen LogP contribution is -2.36. The first-order valence-electron chi connectivity index (χ1n) is 4.38. The molecule has 1 fully saturated rings. The Bertz CT molecular complexity index is 99.9. The number of nitrogens with two attached hydrogens (primary N) is 1. The van der Waals surface area contributed by atoms with Crippen molar-refractivity contribution in [1.29, 1.82) is 0 Å². The standard InChI is InChI=1S/C8H19N3/c1-10-6-8(2-4-9)3-5-11-7-8/h10-11H,2-7,9H2,1H3. The van der Waals surface area contributed by atoms with E-state index in [2.05, 4.69) is 10.6 Å². The topological polar surface area (TPSA) is 50.1 Å². The number of nitrogens with one attached hydrogen (secondary N) is 2. The van der Waals surface area contributed by atoms with E-state index >= 15 is 0 Å². The van der Waals surface area contributed by atoms with Gasteiger partial charge >= 0.3 is 0 Å². The van der Waals surface area contributed by atoms with Gasteiger partial charge in [-0.2, -0.15) is 0 Å². The molecule has 3 nitrogen and oxygen atoms in total. The lowest BCUT2D eigenvalue weighted by molar-refractivity contribution is 0.292. The fourth-order valence-electron chi connectivity index (χ4n) is 1.93. The molecule has 66 valence electrons. The van der Waals surface area contributed by atoms with Gasteiger partial charge in [0.15, 0.2) is 0 Å². The zero-order valence-electron chi connectivity index (χ0n) is 7.32. The van der Waals surface area contributed by atoms with Crippen molar-refractivity contribution in [2.45, 2.75) is 12.8 Å². The summed E-state index contributed by atoms with van der Waals surface area (Å²) in [6.07, 6.45) is 2.41. The molecule has 1 saturated heterocycles. The Morgan fingerprint density at radius 1 is 1.64 bits per heavy atom. The van der Waals surface area contributed by atoms with Gasteiger partial charge in [0.2, 0.25) is 0 Å². The smallest absolute Gasteiger partial charge is 0.00209 e. The monoisotopic (exact) mass is 157 g/mol. The van der Waals surface area contributed by atoms with Gasteiger partial charge in [-0.1, -0.05) is 0 Å². The maximum Gasteiger partial charge on any atom is 0.00209 e. The largest absolute Gasteiger partial charge is 0.330 e. The van der Waals surface area contributed by atoms with Crippen molar-refractivity contribution in [3.8, 4) is 0 Å². The lowest BCUT2D eigenvalue weighted by atomic mass is 9.83. The first-order valence-corrected chi connectivity index (χ1v) is 4.38. The highest BCUT2D eigenvalue weighted by molar-refractivity contribution is 4.89. The summed E-state index contributed by atoms with van der Waals surface area (Å²) in [7, 11) is 2.01. The zero-order chi connectivity index (χ0) is 8.16. The van der Waals surface area contributed by atoms with E-state index in [-0.39, 0.29) is 0 Å². The van der Waals surface area contributed by atoms with Crippen LogP contribution in [0.4, 0.5) is 0 Å². The van der Waals surface area contributed by atoms with Gasteiger partial charge in [0.05, 0.1) is 0 Å². The van der Waals surface area contributed by atoms with E-state index < -0.39 is 0 Å². The molecule has 1 heterocycles. The minimum Gasteiger partial charge on any atom is -0.330 e. The van der Waals surface area contributed by atoms with Crippen molar-refractivity contribution in [1.82, 2.24) is 10.6 Å². The molecule has 0 aromatic rings. The second-order valence-corrected chi connectivity index (χ2v) is 3.50. The van der Waals surface area contributed by atoms with Crippen LogP contribution in [-0.2, 0) is 0 Å². The highest BCUT2D eigenvalue weighted by Crippen LogP contribution is 2.27. The van der Waals surface area contributed by atoms with Crippen molar-refractivity contribution in [2.75, 3.05) is 33.2 Å². The Morgan fingerprint density at radius 3 is 2.91 bits per heavy atom. The maximum absolute atomic E-state index is 5.57. The van der Waals surface area contributed by atoms with E-state index in [1.165, 1.54) is 6.42 Å². The molecule has 4 N–H and O–H groups in total. The second-order valence-electron chi connectivity index (χ2n) is 3.50. The van der Waals surface area contributed by atoms with E-state index in [0.717, 1.165) is 32.6 Å². The van der Waals surface area contributed by atoms with Gasteiger partial charge in [-0.15, -0.1) is 0 Å². The van der Waals surface area contributed by atoms with Gasteiger partial charge in [0, 0.05) is 13.1 Å². The fraction of sp³-hybridized carbons (Fsp3) is 1.00. The average molecular weight is 157 g/mol. The summed E-state index contributed by atoms with van der Waals surface area (Å²) in [5, 5.41) is 6.63. The number of rotatable bonds is 4. The Morgan fingerprint density at radius 2 is 2.45 bits per heavy atom. The van der Waals surface area contributed by atoms with Gasteiger partial charge < -0.3 is 16.4 Å². The minimum atomic E-state index is 0.448. The van der Waals surface area contributed by atoms with Crippen molar-refractivity contribution >= 4 is 0 Å². The summed E-state index contributed by atoms with van der Waals surface area (Å²) in [4.78, 5) is 0. The van der Waals surface area contributed by atoms with Gasteiger partial charge in [0.25, 0.3) is 0 Å². The Balaban J connectivity index is 2.40. The van der Waals surface area contributed by atoms with Crippen LogP contribution in [-0.4, -0.2) is 33.2 Å². The minimum absolute atomic E-state index is 0.448. The van der Waals surface area contributed by atoms with Crippen LogP contribution < -0.4 is 16.4 Å². The van der Waals surface area contributed by atoms with E-state index in [9.17, 15) is 0 Å². The average Bonchev–Trinajstić information content (AvgIpc) is 2.39. The highest BCUT2D eigenvalue weighted by Gasteiger charge is 2.31. The summed E-state index contributed by atoms with van der Waals surface area (Å²) in [6.45, 7) is 4.19. The van der Waals surface area contributed by atoms with Gasteiger partial charge in [-0.3, -0.25) is 0 Å². The second kappa shape index (κ2) is 4.04. The highest BCUT2D eigenvalue weighted by atomic mass is 15.0. The molecule has 1 aliphatic rings. The molecule has 0 saturated carbocycles. The Hall–Kier alpha value is -0.120. The molecule has 0 aromatic heterocycles. The van der Waals surface area contributed by atoms with Crippen LogP contribution in [0, 0.1) is 5.41 Å². The molecule has 1 aliphatic heterocycles. The SMILES string of the molecule is CNCC1(CCN)CCNC1. The van der Waals surface area contributed by atoms with Crippen LogP contribution in [0.25, 0.3) is 0 Å². The van der Waals surface area contributed by atoms with Crippen LogP contribution in [0.1, 0.15) is 12.8 Å². The van der Waals surface area contributed by atoms with Crippen molar-refractivity contribution in [3.63, 3.8) is 0 Å².